The van der Waals surface area contributed by atoms with Crippen LogP contribution in [0.1, 0.15) is 47.4 Å². The molecule has 2 heterocycles. The normalized spacial score (nSPS) is 12.0. The second-order valence-electron chi connectivity index (χ2n) is 8.10. The first-order valence-electron chi connectivity index (χ1n) is 8.55. The van der Waals surface area contributed by atoms with Gasteiger partial charge in [-0.1, -0.05) is 0 Å². The second kappa shape index (κ2) is 7.10. The molecule has 1 N–H and O–H groups in total. The van der Waals surface area contributed by atoms with E-state index >= 15 is 0 Å². The highest BCUT2D eigenvalue weighted by atomic mass is 16.6. The molecule has 2 aromatic heterocycles. The van der Waals surface area contributed by atoms with Crippen molar-refractivity contribution >= 4 is 35.1 Å². The number of aromatic nitrogens is 3. The Kier molecular flexibility index (Phi) is 5.36. The predicted molar refractivity (Wildman–Crippen MR) is 101 cm³/mol. The van der Waals surface area contributed by atoms with Crippen LogP contribution in [0.3, 0.4) is 0 Å². The third-order valence-electron chi connectivity index (χ3n) is 3.21. The lowest BCUT2D eigenvalue weighted by molar-refractivity contribution is 0.0429. The number of aryl methyl sites for hydroxylation is 1. The van der Waals surface area contributed by atoms with Crippen molar-refractivity contribution in [3.63, 3.8) is 0 Å². The Morgan fingerprint density at radius 2 is 1.50 bits per heavy atom. The summed E-state index contributed by atoms with van der Waals surface area (Å²) in [6.07, 6.45) is -2.00. The van der Waals surface area contributed by atoms with Crippen LogP contribution in [-0.2, 0) is 9.47 Å². The quantitative estimate of drug-likeness (QED) is 0.774. The van der Waals surface area contributed by atoms with Crippen molar-refractivity contribution < 1.29 is 29.0 Å². The van der Waals surface area contributed by atoms with Gasteiger partial charge in [0, 0.05) is 6.20 Å². The van der Waals surface area contributed by atoms with E-state index in [-0.39, 0.29) is 22.7 Å². The number of nitrogens with zero attached hydrogens (tertiary/aromatic N) is 4. The standard InChI is InChI=1S/C18H24N4O6/c1-10-19-12-11(8-9-21(12)14(23)24)13(20-10)22(15(25)27-17(2,3)4)16(26)28-18(5,6)7/h8-9H,1-7H3,(H,23,24). The Balaban J connectivity index is 2.67. The van der Waals surface area contributed by atoms with E-state index in [0.29, 0.717) is 4.90 Å². The average Bonchev–Trinajstić information content (AvgIpc) is 2.86. The van der Waals surface area contributed by atoms with Gasteiger partial charge in [0.15, 0.2) is 11.5 Å². The van der Waals surface area contributed by atoms with Crippen molar-refractivity contribution in [3.05, 3.63) is 18.1 Å². The zero-order valence-electron chi connectivity index (χ0n) is 16.9. The van der Waals surface area contributed by atoms with Gasteiger partial charge >= 0.3 is 18.3 Å². The molecule has 2 amide bonds. The molecule has 28 heavy (non-hydrogen) atoms. The van der Waals surface area contributed by atoms with Crippen LogP contribution in [0.15, 0.2) is 12.3 Å². The molecule has 0 bridgehead atoms. The molecule has 0 saturated heterocycles. The van der Waals surface area contributed by atoms with Crippen molar-refractivity contribution in [2.75, 3.05) is 4.90 Å². The summed E-state index contributed by atoms with van der Waals surface area (Å²) < 4.78 is 11.5. The number of carboxylic acid groups (broad SMARTS) is 1. The number of rotatable bonds is 1. The first-order valence-corrected chi connectivity index (χ1v) is 8.55. The van der Waals surface area contributed by atoms with Crippen molar-refractivity contribution in [2.24, 2.45) is 0 Å². The molecule has 0 aliphatic carbocycles. The van der Waals surface area contributed by atoms with Gasteiger partial charge in [-0.3, -0.25) is 0 Å². The van der Waals surface area contributed by atoms with Crippen molar-refractivity contribution in [1.82, 2.24) is 14.5 Å². The number of carbonyl (C=O) groups is 3. The zero-order valence-corrected chi connectivity index (χ0v) is 16.9. The van der Waals surface area contributed by atoms with Gasteiger partial charge in [-0.25, -0.2) is 28.9 Å². The van der Waals surface area contributed by atoms with E-state index in [1.54, 1.807) is 41.5 Å². The lowest BCUT2D eigenvalue weighted by Gasteiger charge is -2.28. The summed E-state index contributed by atoms with van der Waals surface area (Å²) >= 11 is 0. The van der Waals surface area contributed by atoms with Gasteiger partial charge in [0.25, 0.3) is 0 Å². The van der Waals surface area contributed by atoms with Crippen LogP contribution in [0.5, 0.6) is 0 Å². The molecule has 0 aromatic carbocycles. The summed E-state index contributed by atoms with van der Waals surface area (Å²) in [6, 6.07) is 1.40. The van der Waals surface area contributed by atoms with Crippen LogP contribution in [0.25, 0.3) is 11.0 Å². The number of imide groups is 1. The van der Waals surface area contributed by atoms with E-state index in [1.807, 2.05) is 0 Å². The van der Waals surface area contributed by atoms with Gasteiger partial charge in [0.2, 0.25) is 0 Å². The topological polar surface area (TPSA) is 124 Å². The van der Waals surface area contributed by atoms with E-state index in [0.717, 1.165) is 4.57 Å². The third-order valence-corrected chi connectivity index (χ3v) is 3.21. The molecule has 0 spiro atoms. The summed E-state index contributed by atoms with van der Waals surface area (Å²) in [7, 11) is 0. The maximum absolute atomic E-state index is 12.8. The first kappa shape index (κ1) is 21.1. The highest BCUT2D eigenvalue weighted by molar-refractivity contribution is 6.13. The molecule has 0 saturated carbocycles. The van der Waals surface area contributed by atoms with Gasteiger partial charge < -0.3 is 14.6 Å². The minimum absolute atomic E-state index is 0.0344. The maximum Gasteiger partial charge on any atom is 0.425 e. The van der Waals surface area contributed by atoms with Crippen LogP contribution in [0.2, 0.25) is 0 Å². The van der Waals surface area contributed by atoms with Crippen LogP contribution >= 0.6 is 0 Å². The summed E-state index contributed by atoms with van der Waals surface area (Å²) in [5.74, 6) is 0.0480. The number of anilines is 1. The van der Waals surface area contributed by atoms with E-state index in [9.17, 15) is 19.5 Å². The number of hydrogen-bond donors (Lipinski definition) is 1. The van der Waals surface area contributed by atoms with Gasteiger partial charge in [-0.2, -0.15) is 4.90 Å². The Morgan fingerprint density at radius 3 is 1.93 bits per heavy atom. The van der Waals surface area contributed by atoms with Crippen molar-refractivity contribution in [1.29, 1.82) is 0 Å². The molecule has 0 aliphatic rings. The van der Waals surface area contributed by atoms with E-state index in [1.165, 1.54) is 19.2 Å². The highest BCUT2D eigenvalue weighted by Gasteiger charge is 2.35. The first-order chi connectivity index (χ1) is 12.7. The summed E-state index contributed by atoms with van der Waals surface area (Å²) in [4.78, 5) is 46.0. The summed E-state index contributed by atoms with van der Waals surface area (Å²) in [5, 5.41) is 9.51. The van der Waals surface area contributed by atoms with Gasteiger partial charge in [0.1, 0.15) is 17.0 Å². The molecule has 0 atom stereocenters. The molecule has 2 rings (SSSR count). The molecule has 0 unspecified atom stereocenters. The largest absolute Gasteiger partial charge is 0.464 e. The maximum atomic E-state index is 12.8. The van der Waals surface area contributed by atoms with Crippen LogP contribution in [0, 0.1) is 6.92 Å². The highest BCUT2D eigenvalue weighted by Crippen LogP contribution is 2.28. The van der Waals surface area contributed by atoms with Crippen LogP contribution in [0.4, 0.5) is 20.2 Å². The van der Waals surface area contributed by atoms with Crippen LogP contribution < -0.4 is 4.90 Å². The predicted octanol–water partition coefficient (Wildman–Crippen LogP) is 3.94. The SMILES string of the molecule is Cc1nc(N(C(=O)OC(C)(C)C)C(=O)OC(C)(C)C)c2ccn(C(=O)O)c2n1. The second-order valence-corrected chi connectivity index (χ2v) is 8.10. The monoisotopic (exact) mass is 392 g/mol. The van der Waals surface area contributed by atoms with E-state index < -0.39 is 29.5 Å². The van der Waals surface area contributed by atoms with Gasteiger partial charge in [-0.15, -0.1) is 0 Å². The summed E-state index contributed by atoms with van der Waals surface area (Å²) in [5.41, 5.74) is -1.73. The molecule has 0 fully saturated rings. The van der Waals surface area contributed by atoms with E-state index in [4.69, 9.17) is 9.47 Å². The fourth-order valence-electron chi connectivity index (χ4n) is 2.29. The Morgan fingerprint density at radius 1 is 1.00 bits per heavy atom. The van der Waals surface area contributed by atoms with Crippen molar-refractivity contribution in [2.45, 2.75) is 59.7 Å². The number of carbonyl (C=O) groups excluding carboxylic acids is 2. The lowest BCUT2D eigenvalue weighted by atomic mass is 10.2. The smallest absolute Gasteiger partial charge is 0.425 e. The van der Waals surface area contributed by atoms with Crippen LogP contribution in [-0.4, -0.2) is 49.1 Å². The summed E-state index contributed by atoms with van der Waals surface area (Å²) in [6.45, 7) is 11.4. The molecule has 0 aliphatic heterocycles. The van der Waals surface area contributed by atoms with Gasteiger partial charge in [0.05, 0.1) is 5.39 Å². The molecule has 0 radical (unpaired) electrons. The lowest BCUT2D eigenvalue weighted by Crippen LogP contribution is -2.44. The third kappa shape index (κ3) is 4.76. The van der Waals surface area contributed by atoms with E-state index in [2.05, 4.69) is 9.97 Å². The number of fused-ring (bicyclic) bond motifs is 1. The molecule has 10 nitrogen and oxygen atoms in total. The average molecular weight is 392 g/mol. The Bertz CT molecular complexity index is 908. The number of amides is 2. The Hall–Kier alpha value is -3.17. The number of hydrogen-bond acceptors (Lipinski definition) is 7. The fourth-order valence-corrected chi connectivity index (χ4v) is 2.29. The fraction of sp³-hybridized carbons (Fsp3) is 0.500. The van der Waals surface area contributed by atoms with Gasteiger partial charge in [-0.05, 0) is 54.5 Å². The molecular formula is C18H24N4O6. The minimum Gasteiger partial charge on any atom is -0.464 e. The zero-order chi connectivity index (χ0) is 21.4. The number of ether oxygens (including phenoxy) is 2. The Labute approximate surface area is 162 Å². The molecule has 152 valence electrons. The molecule has 10 heteroatoms. The minimum atomic E-state index is -1.26. The molecular weight excluding hydrogens is 368 g/mol. The molecule has 2 aromatic rings. The van der Waals surface area contributed by atoms with Crippen molar-refractivity contribution in [3.8, 4) is 0 Å².